The lowest BCUT2D eigenvalue weighted by molar-refractivity contribution is 0.307. The molecule has 1 fully saturated rings. The molecule has 1 aliphatic carbocycles. The summed E-state index contributed by atoms with van der Waals surface area (Å²) >= 11 is 11.6. The molecule has 3 heteroatoms. The molecule has 0 aliphatic heterocycles. The van der Waals surface area contributed by atoms with Crippen LogP contribution in [0.2, 0.25) is 0 Å². The van der Waals surface area contributed by atoms with Crippen LogP contribution in [0.1, 0.15) is 29.5 Å². The van der Waals surface area contributed by atoms with Crippen molar-refractivity contribution >= 4 is 38.9 Å². The van der Waals surface area contributed by atoms with Crippen molar-refractivity contribution in [2.75, 3.05) is 0 Å². The van der Waals surface area contributed by atoms with E-state index in [1.54, 1.807) is 11.3 Å². The molecule has 0 radical (unpaired) electrons. The van der Waals surface area contributed by atoms with Crippen LogP contribution in [-0.2, 0) is 0 Å². The lowest BCUT2D eigenvalue weighted by atomic mass is 9.82. The normalized spacial score (nSPS) is 20.5. The van der Waals surface area contributed by atoms with Crippen molar-refractivity contribution in [3.8, 4) is 0 Å². The minimum Gasteiger partial charge on any atom is -0.146 e. The average molecular weight is 266 g/mol. The van der Waals surface area contributed by atoms with Crippen LogP contribution >= 0.6 is 38.9 Å². The van der Waals surface area contributed by atoms with Gasteiger partial charge in [-0.05, 0) is 46.1 Å². The first-order valence-corrected chi connectivity index (χ1v) is 6.27. The third-order valence-electron chi connectivity index (χ3n) is 2.46. The first-order chi connectivity index (χ1) is 5.79. The lowest BCUT2D eigenvalue weighted by Gasteiger charge is -2.29. The predicted molar refractivity (Wildman–Crippen MR) is 58.0 cm³/mol. The van der Waals surface area contributed by atoms with E-state index < -0.39 is 0 Å². The minimum atomic E-state index is 0.244. The van der Waals surface area contributed by atoms with Crippen LogP contribution in [-0.4, -0.2) is 0 Å². The Hall–Kier alpha value is 0.470. The average Bonchev–Trinajstić information content (AvgIpc) is 2.31. The third-order valence-corrected chi connectivity index (χ3v) is 5.12. The van der Waals surface area contributed by atoms with Crippen molar-refractivity contribution in [1.29, 1.82) is 0 Å². The summed E-state index contributed by atoms with van der Waals surface area (Å²) in [6.07, 6.45) is 3.97. The highest BCUT2D eigenvalue weighted by Gasteiger charge is 2.28. The lowest BCUT2D eigenvalue weighted by Crippen LogP contribution is -2.15. The Labute approximate surface area is 90.1 Å². The number of thiophene rings is 1. The van der Waals surface area contributed by atoms with Crippen LogP contribution in [0.15, 0.2) is 15.9 Å². The number of hydrogen-bond acceptors (Lipinski definition) is 1. The van der Waals surface area contributed by atoms with Gasteiger partial charge >= 0.3 is 0 Å². The maximum absolute atomic E-state index is 6.34. The molecular formula is C9H10BrClS. The summed E-state index contributed by atoms with van der Waals surface area (Å²) in [4.78, 5) is 1.31. The highest BCUT2D eigenvalue weighted by atomic mass is 79.9. The third kappa shape index (κ3) is 1.57. The molecule has 0 bridgehead atoms. The Morgan fingerprint density at radius 2 is 2.33 bits per heavy atom. The van der Waals surface area contributed by atoms with Gasteiger partial charge in [0.25, 0.3) is 0 Å². The molecule has 1 heterocycles. The van der Waals surface area contributed by atoms with Gasteiger partial charge in [-0.2, -0.15) is 0 Å². The van der Waals surface area contributed by atoms with Crippen LogP contribution in [0.25, 0.3) is 0 Å². The molecule has 0 N–H and O–H groups in total. The number of halogens is 2. The first kappa shape index (κ1) is 9.04. The number of rotatable bonds is 2. The van der Waals surface area contributed by atoms with E-state index in [2.05, 4.69) is 27.4 Å². The molecule has 1 unspecified atom stereocenters. The maximum Gasteiger partial charge on any atom is 0.0718 e. The van der Waals surface area contributed by atoms with E-state index in [1.807, 2.05) is 0 Å². The minimum absolute atomic E-state index is 0.244. The molecule has 0 spiro atoms. The topological polar surface area (TPSA) is 0 Å². The van der Waals surface area contributed by atoms with E-state index in [0.29, 0.717) is 0 Å². The quantitative estimate of drug-likeness (QED) is 0.686. The predicted octanol–water partition coefficient (Wildman–Crippen LogP) is 4.59. The second kappa shape index (κ2) is 3.69. The smallest absolute Gasteiger partial charge is 0.0718 e. The van der Waals surface area contributed by atoms with Crippen LogP contribution in [0.5, 0.6) is 0 Å². The molecule has 1 aromatic rings. The summed E-state index contributed by atoms with van der Waals surface area (Å²) in [5.41, 5.74) is 0. The van der Waals surface area contributed by atoms with Crippen LogP contribution in [0, 0.1) is 5.92 Å². The van der Waals surface area contributed by atoms with E-state index in [9.17, 15) is 0 Å². The van der Waals surface area contributed by atoms with E-state index in [0.717, 1.165) is 5.92 Å². The zero-order chi connectivity index (χ0) is 8.55. The van der Waals surface area contributed by atoms with Crippen molar-refractivity contribution in [2.24, 2.45) is 5.92 Å². The fraction of sp³-hybridized carbons (Fsp3) is 0.556. The molecule has 1 aliphatic rings. The summed E-state index contributed by atoms with van der Waals surface area (Å²) < 4.78 is 1.18. The summed E-state index contributed by atoms with van der Waals surface area (Å²) in [6, 6.07) is 2.08. The van der Waals surface area contributed by atoms with Gasteiger partial charge in [-0.15, -0.1) is 22.9 Å². The zero-order valence-corrected chi connectivity index (χ0v) is 9.75. The van der Waals surface area contributed by atoms with Gasteiger partial charge in [-0.3, -0.25) is 0 Å². The molecule has 66 valence electrons. The second-order valence-electron chi connectivity index (χ2n) is 3.23. The van der Waals surface area contributed by atoms with Crippen molar-refractivity contribution in [2.45, 2.75) is 24.6 Å². The molecular weight excluding hydrogens is 256 g/mol. The van der Waals surface area contributed by atoms with Crippen LogP contribution < -0.4 is 0 Å². The molecule has 0 nitrogen and oxygen atoms in total. The highest BCUT2D eigenvalue weighted by Crippen LogP contribution is 2.45. The first-order valence-electron chi connectivity index (χ1n) is 4.16. The SMILES string of the molecule is ClC(c1sccc1Br)C1CCC1. The summed E-state index contributed by atoms with van der Waals surface area (Å²) in [5.74, 6) is 0.724. The van der Waals surface area contributed by atoms with Gasteiger partial charge in [0.2, 0.25) is 0 Å². The van der Waals surface area contributed by atoms with E-state index in [1.165, 1.54) is 28.6 Å². The Morgan fingerprint density at radius 3 is 2.75 bits per heavy atom. The van der Waals surface area contributed by atoms with E-state index in [-0.39, 0.29) is 5.38 Å². The van der Waals surface area contributed by atoms with Crippen molar-refractivity contribution in [1.82, 2.24) is 0 Å². The van der Waals surface area contributed by atoms with Gasteiger partial charge in [0.15, 0.2) is 0 Å². The van der Waals surface area contributed by atoms with Gasteiger partial charge < -0.3 is 0 Å². The molecule has 0 amide bonds. The molecule has 2 rings (SSSR count). The Bertz CT molecular complexity index is 267. The fourth-order valence-electron chi connectivity index (χ4n) is 1.45. The maximum atomic E-state index is 6.34. The van der Waals surface area contributed by atoms with Gasteiger partial charge in [-0.1, -0.05) is 6.42 Å². The molecule has 12 heavy (non-hydrogen) atoms. The van der Waals surface area contributed by atoms with Crippen molar-refractivity contribution in [3.05, 3.63) is 20.8 Å². The van der Waals surface area contributed by atoms with Gasteiger partial charge in [-0.25, -0.2) is 0 Å². The molecule has 0 saturated heterocycles. The van der Waals surface area contributed by atoms with Gasteiger partial charge in [0.1, 0.15) is 0 Å². The largest absolute Gasteiger partial charge is 0.146 e. The summed E-state index contributed by atoms with van der Waals surface area (Å²) in [5, 5.41) is 2.33. The second-order valence-corrected chi connectivity index (χ2v) is 5.50. The fourth-order valence-corrected chi connectivity index (χ4v) is 3.79. The Morgan fingerprint density at radius 1 is 1.58 bits per heavy atom. The van der Waals surface area contributed by atoms with Crippen molar-refractivity contribution < 1.29 is 0 Å². The molecule has 0 aromatic carbocycles. The molecule has 1 aromatic heterocycles. The van der Waals surface area contributed by atoms with E-state index in [4.69, 9.17) is 11.6 Å². The van der Waals surface area contributed by atoms with Crippen LogP contribution in [0.3, 0.4) is 0 Å². The Kier molecular flexibility index (Phi) is 2.78. The summed E-state index contributed by atoms with van der Waals surface area (Å²) in [7, 11) is 0. The molecule has 1 saturated carbocycles. The standard InChI is InChI=1S/C9H10BrClS/c10-7-4-5-12-9(7)8(11)6-2-1-3-6/h4-6,8H,1-3H2. The monoisotopic (exact) mass is 264 g/mol. The summed E-state index contributed by atoms with van der Waals surface area (Å²) in [6.45, 7) is 0. The van der Waals surface area contributed by atoms with Crippen molar-refractivity contribution in [3.63, 3.8) is 0 Å². The Balaban J connectivity index is 2.13. The zero-order valence-electron chi connectivity index (χ0n) is 6.59. The molecule has 1 atom stereocenters. The van der Waals surface area contributed by atoms with E-state index >= 15 is 0 Å². The van der Waals surface area contributed by atoms with Gasteiger partial charge in [0, 0.05) is 9.35 Å². The van der Waals surface area contributed by atoms with Crippen LogP contribution in [0.4, 0.5) is 0 Å². The highest BCUT2D eigenvalue weighted by molar-refractivity contribution is 9.10. The van der Waals surface area contributed by atoms with Gasteiger partial charge in [0.05, 0.1) is 5.38 Å². The number of hydrogen-bond donors (Lipinski definition) is 0. The number of alkyl halides is 1.